The Labute approximate surface area is 136 Å². The minimum atomic E-state index is 0.0454. The highest BCUT2D eigenvalue weighted by atomic mass is 16.2. The summed E-state index contributed by atoms with van der Waals surface area (Å²) in [5.41, 5.74) is 2.43. The van der Waals surface area contributed by atoms with Crippen LogP contribution in [0.4, 0.5) is 0 Å². The van der Waals surface area contributed by atoms with Gasteiger partial charge in [-0.05, 0) is 38.4 Å². The highest BCUT2D eigenvalue weighted by molar-refractivity contribution is 5.98. The van der Waals surface area contributed by atoms with Gasteiger partial charge in [-0.3, -0.25) is 4.79 Å². The van der Waals surface area contributed by atoms with Gasteiger partial charge in [-0.15, -0.1) is 0 Å². The summed E-state index contributed by atoms with van der Waals surface area (Å²) in [6, 6.07) is 6.01. The predicted molar refractivity (Wildman–Crippen MR) is 88.6 cm³/mol. The molecule has 3 rings (SSSR count). The molecule has 2 aromatic rings. The minimum absolute atomic E-state index is 0.0454. The maximum Gasteiger partial charge on any atom is 0.256 e. The third kappa shape index (κ3) is 3.12. The number of benzene rings is 1. The molecule has 1 N–H and O–H groups in total. The molecular weight excluding hydrogens is 290 g/mol. The van der Waals surface area contributed by atoms with E-state index in [9.17, 15) is 4.79 Å². The first-order chi connectivity index (χ1) is 11.1. The average molecular weight is 313 g/mol. The Kier molecular flexibility index (Phi) is 4.43. The van der Waals surface area contributed by atoms with Gasteiger partial charge in [0.25, 0.3) is 5.91 Å². The third-order valence-electron chi connectivity index (χ3n) is 4.59. The Balaban J connectivity index is 2.00. The molecule has 122 valence electrons. The van der Waals surface area contributed by atoms with E-state index in [1.54, 1.807) is 12.4 Å². The molecule has 0 aliphatic carbocycles. The summed E-state index contributed by atoms with van der Waals surface area (Å²) < 4.78 is 0. The summed E-state index contributed by atoms with van der Waals surface area (Å²) in [7, 11) is 0. The van der Waals surface area contributed by atoms with E-state index in [0.29, 0.717) is 18.0 Å². The van der Waals surface area contributed by atoms with Crippen LogP contribution >= 0.6 is 0 Å². The largest absolute Gasteiger partial charge is 0.334 e. The first-order valence-corrected chi connectivity index (χ1v) is 8.07. The Morgan fingerprint density at radius 1 is 1.26 bits per heavy atom. The lowest BCUT2D eigenvalue weighted by atomic mass is 10.0. The van der Waals surface area contributed by atoms with Gasteiger partial charge in [0.05, 0.1) is 23.6 Å². The van der Waals surface area contributed by atoms with Crippen molar-refractivity contribution in [2.45, 2.75) is 26.8 Å². The summed E-state index contributed by atoms with van der Waals surface area (Å²) in [4.78, 5) is 16.7. The fraction of sp³-hybridized carbons (Fsp3) is 0.471. The van der Waals surface area contributed by atoms with E-state index in [2.05, 4.69) is 29.4 Å². The van der Waals surface area contributed by atoms with Crippen LogP contribution in [0.2, 0.25) is 0 Å². The number of amides is 1. The molecule has 2 heterocycles. The monoisotopic (exact) mass is 313 g/mol. The molecule has 6 heteroatoms. The van der Waals surface area contributed by atoms with E-state index in [4.69, 9.17) is 0 Å². The zero-order chi connectivity index (χ0) is 16.4. The van der Waals surface area contributed by atoms with Crippen molar-refractivity contribution >= 4 is 5.91 Å². The SMILES string of the molecule is Cc1ccc(-n2nccn2)c(C(=O)N2CCNCC(C)C2C)c1. The molecule has 2 atom stereocenters. The molecule has 1 aromatic heterocycles. The van der Waals surface area contributed by atoms with Gasteiger partial charge >= 0.3 is 0 Å². The summed E-state index contributed by atoms with van der Waals surface area (Å²) in [6.07, 6.45) is 3.24. The number of hydrogen-bond acceptors (Lipinski definition) is 4. The smallest absolute Gasteiger partial charge is 0.256 e. The number of nitrogens with one attached hydrogen (secondary N) is 1. The molecule has 1 amide bonds. The van der Waals surface area contributed by atoms with E-state index in [-0.39, 0.29) is 11.9 Å². The van der Waals surface area contributed by atoms with Crippen LogP contribution in [0, 0.1) is 12.8 Å². The molecule has 0 saturated carbocycles. The zero-order valence-electron chi connectivity index (χ0n) is 13.9. The predicted octanol–water partition coefficient (Wildman–Crippen LogP) is 1.65. The van der Waals surface area contributed by atoms with Gasteiger partial charge in [-0.1, -0.05) is 18.6 Å². The third-order valence-corrected chi connectivity index (χ3v) is 4.59. The number of aryl methyl sites for hydroxylation is 1. The number of hydrogen-bond donors (Lipinski definition) is 1. The Morgan fingerprint density at radius 3 is 2.74 bits per heavy atom. The number of nitrogens with zero attached hydrogens (tertiary/aromatic N) is 4. The molecule has 0 radical (unpaired) electrons. The van der Waals surface area contributed by atoms with Crippen molar-refractivity contribution < 1.29 is 4.79 Å². The van der Waals surface area contributed by atoms with Crippen LogP contribution in [-0.4, -0.2) is 51.5 Å². The molecule has 0 spiro atoms. The van der Waals surface area contributed by atoms with Crippen LogP contribution < -0.4 is 5.32 Å². The van der Waals surface area contributed by atoms with Gasteiger partial charge in [0.15, 0.2) is 0 Å². The average Bonchev–Trinajstić information content (AvgIpc) is 3.02. The van der Waals surface area contributed by atoms with Gasteiger partial charge in [-0.2, -0.15) is 15.0 Å². The maximum atomic E-state index is 13.2. The van der Waals surface area contributed by atoms with Crippen LogP contribution in [0.15, 0.2) is 30.6 Å². The maximum absolute atomic E-state index is 13.2. The Morgan fingerprint density at radius 2 is 2.00 bits per heavy atom. The summed E-state index contributed by atoms with van der Waals surface area (Å²) in [5, 5.41) is 11.8. The number of aromatic nitrogens is 3. The zero-order valence-corrected chi connectivity index (χ0v) is 13.9. The summed E-state index contributed by atoms with van der Waals surface area (Å²) in [5.74, 6) is 0.460. The molecule has 2 unspecified atom stereocenters. The van der Waals surface area contributed by atoms with Gasteiger partial charge in [0.1, 0.15) is 0 Å². The van der Waals surface area contributed by atoms with E-state index < -0.39 is 0 Å². The minimum Gasteiger partial charge on any atom is -0.334 e. The van der Waals surface area contributed by atoms with Crippen LogP contribution in [-0.2, 0) is 0 Å². The van der Waals surface area contributed by atoms with Crippen molar-refractivity contribution in [3.8, 4) is 5.69 Å². The number of carbonyl (C=O) groups excluding carboxylic acids is 1. The van der Waals surface area contributed by atoms with Gasteiger partial charge < -0.3 is 10.2 Å². The first kappa shape index (κ1) is 15.7. The lowest BCUT2D eigenvalue weighted by Gasteiger charge is -2.31. The van der Waals surface area contributed by atoms with Gasteiger partial charge in [0, 0.05) is 19.1 Å². The van der Waals surface area contributed by atoms with Gasteiger partial charge in [-0.25, -0.2) is 0 Å². The molecule has 1 saturated heterocycles. The van der Waals surface area contributed by atoms with Crippen LogP contribution in [0.3, 0.4) is 0 Å². The van der Waals surface area contributed by atoms with Crippen molar-refractivity contribution in [3.63, 3.8) is 0 Å². The van der Waals surface area contributed by atoms with E-state index in [1.807, 2.05) is 30.0 Å². The van der Waals surface area contributed by atoms with Crippen molar-refractivity contribution in [1.82, 2.24) is 25.2 Å². The van der Waals surface area contributed by atoms with Crippen LogP contribution in [0.25, 0.3) is 5.69 Å². The Hall–Kier alpha value is -2.21. The van der Waals surface area contributed by atoms with Gasteiger partial charge in [0.2, 0.25) is 0 Å². The molecule has 0 bridgehead atoms. The van der Waals surface area contributed by atoms with Crippen LogP contribution in [0.1, 0.15) is 29.8 Å². The van der Waals surface area contributed by atoms with E-state index >= 15 is 0 Å². The lowest BCUT2D eigenvalue weighted by molar-refractivity contribution is 0.0670. The highest BCUT2D eigenvalue weighted by Gasteiger charge is 2.29. The van der Waals surface area contributed by atoms with E-state index in [1.165, 1.54) is 4.80 Å². The first-order valence-electron chi connectivity index (χ1n) is 8.07. The second kappa shape index (κ2) is 6.50. The molecule has 1 aromatic carbocycles. The quantitative estimate of drug-likeness (QED) is 0.915. The Bertz CT molecular complexity index is 682. The molecule has 23 heavy (non-hydrogen) atoms. The van der Waals surface area contributed by atoms with Crippen molar-refractivity contribution in [1.29, 1.82) is 0 Å². The standard InChI is InChI=1S/C17H23N5O/c1-12-4-5-16(22-19-6-7-20-22)15(10-12)17(23)21-9-8-18-11-13(2)14(21)3/h4-7,10,13-14,18H,8-9,11H2,1-3H3. The topological polar surface area (TPSA) is 63.1 Å². The normalized spacial score (nSPS) is 22.0. The fourth-order valence-electron chi connectivity index (χ4n) is 2.99. The summed E-state index contributed by atoms with van der Waals surface area (Å²) >= 11 is 0. The molecule has 6 nitrogen and oxygen atoms in total. The molecule has 1 fully saturated rings. The summed E-state index contributed by atoms with van der Waals surface area (Å²) in [6.45, 7) is 8.76. The van der Waals surface area contributed by atoms with Crippen molar-refractivity contribution in [3.05, 3.63) is 41.7 Å². The molecule has 1 aliphatic heterocycles. The lowest BCUT2D eigenvalue weighted by Crippen LogP contribution is -2.42. The van der Waals surface area contributed by atoms with Crippen molar-refractivity contribution in [2.24, 2.45) is 5.92 Å². The number of carbonyl (C=O) groups is 1. The highest BCUT2D eigenvalue weighted by Crippen LogP contribution is 2.21. The molecular formula is C17H23N5O. The fourth-order valence-corrected chi connectivity index (χ4v) is 2.99. The molecule has 1 aliphatic rings. The second-order valence-corrected chi connectivity index (χ2v) is 6.26. The van der Waals surface area contributed by atoms with Crippen LogP contribution in [0.5, 0.6) is 0 Å². The second-order valence-electron chi connectivity index (χ2n) is 6.26. The van der Waals surface area contributed by atoms with Crippen molar-refractivity contribution in [2.75, 3.05) is 19.6 Å². The number of rotatable bonds is 2. The van der Waals surface area contributed by atoms with E-state index in [0.717, 1.165) is 24.3 Å².